The Kier molecular flexibility index (Phi) is 6.42. The Bertz CT molecular complexity index is 597. The van der Waals surface area contributed by atoms with Crippen LogP contribution < -0.4 is 5.73 Å². The zero-order valence-corrected chi connectivity index (χ0v) is 12.1. The third-order valence-electron chi connectivity index (χ3n) is 2.68. The Hall–Kier alpha value is -2.34. The fourth-order valence-corrected chi connectivity index (χ4v) is 1.49. The van der Waals surface area contributed by atoms with E-state index < -0.39 is 5.97 Å². The van der Waals surface area contributed by atoms with Gasteiger partial charge in [-0.25, -0.2) is 4.79 Å². The molecule has 0 saturated carbocycles. The standard InChI is InChI=1S/C9H12O2.C6H7NO3/c1-3-7-5-6-9(11-7)8(10)4-2;7-3-4-1-2-5(10-4)6(8)9/h5-6H,3-4H2,1-2H3;1-2H,3,7H2,(H,8,9). The molecule has 0 unspecified atom stereocenters. The third kappa shape index (κ3) is 4.92. The Labute approximate surface area is 122 Å². The van der Waals surface area contributed by atoms with Gasteiger partial charge in [0.2, 0.25) is 5.76 Å². The van der Waals surface area contributed by atoms with Crippen LogP contribution in [0.2, 0.25) is 0 Å². The van der Waals surface area contributed by atoms with E-state index in [9.17, 15) is 9.59 Å². The summed E-state index contributed by atoms with van der Waals surface area (Å²) in [7, 11) is 0. The average molecular weight is 293 g/mol. The predicted molar refractivity (Wildman–Crippen MR) is 76.3 cm³/mol. The third-order valence-corrected chi connectivity index (χ3v) is 2.68. The highest BCUT2D eigenvalue weighted by Gasteiger charge is 2.07. The van der Waals surface area contributed by atoms with Crippen LogP contribution >= 0.6 is 0 Å². The van der Waals surface area contributed by atoms with Gasteiger partial charge in [0.1, 0.15) is 11.5 Å². The fraction of sp³-hybridized carbons (Fsp3) is 0.333. The van der Waals surface area contributed by atoms with Crippen LogP contribution in [0.25, 0.3) is 0 Å². The largest absolute Gasteiger partial charge is 0.475 e. The van der Waals surface area contributed by atoms with Crippen molar-refractivity contribution in [2.75, 3.05) is 0 Å². The number of carboxylic acids is 1. The van der Waals surface area contributed by atoms with Gasteiger partial charge >= 0.3 is 5.97 Å². The number of aryl methyl sites for hydroxylation is 1. The first-order valence-electron chi connectivity index (χ1n) is 6.65. The van der Waals surface area contributed by atoms with Gasteiger partial charge in [0, 0.05) is 12.8 Å². The van der Waals surface area contributed by atoms with Crippen molar-refractivity contribution in [3.05, 3.63) is 47.3 Å². The highest BCUT2D eigenvalue weighted by molar-refractivity contribution is 5.93. The van der Waals surface area contributed by atoms with E-state index in [0.29, 0.717) is 17.9 Å². The average Bonchev–Trinajstić information content (AvgIpc) is 3.15. The maximum Gasteiger partial charge on any atom is 0.371 e. The Morgan fingerprint density at radius 2 is 1.62 bits per heavy atom. The molecular formula is C15H19NO5. The van der Waals surface area contributed by atoms with E-state index in [0.717, 1.165) is 12.2 Å². The quantitative estimate of drug-likeness (QED) is 0.821. The molecule has 114 valence electrons. The molecule has 0 atom stereocenters. The molecule has 0 aromatic carbocycles. The number of carboxylic acid groups (broad SMARTS) is 1. The molecular weight excluding hydrogens is 274 g/mol. The lowest BCUT2D eigenvalue weighted by Gasteiger charge is -1.89. The van der Waals surface area contributed by atoms with Crippen LogP contribution in [0.5, 0.6) is 0 Å². The molecule has 0 aliphatic rings. The van der Waals surface area contributed by atoms with Gasteiger partial charge in [-0.2, -0.15) is 0 Å². The number of rotatable bonds is 5. The van der Waals surface area contributed by atoms with E-state index in [-0.39, 0.29) is 18.1 Å². The van der Waals surface area contributed by atoms with Crippen molar-refractivity contribution >= 4 is 11.8 Å². The zero-order valence-electron chi connectivity index (χ0n) is 12.1. The number of ketones is 1. The lowest BCUT2D eigenvalue weighted by atomic mass is 10.2. The molecule has 2 heterocycles. The minimum Gasteiger partial charge on any atom is -0.475 e. The summed E-state index contributed by atoms with van der Waals surface area (Å²) >= 11 is 0. The molecule has 0 aliphatic heterocycles. The molecule has 0 radical (unpaired) electrons. The Morgan fingerprint density at radius 3 is 2.00 bits per heavy atom. The second-order valence-corrected chi connectivity index (χ2v) is 4.17. The summed E-state index contributed by atoms with van der Waals surface area (Å²) in [4.78, 5) is 21.2. The summed E-state index contributed by atoms with van der Waals surface area (Å²) in [5.74, 6) is 0.786. The van der Waals surface area contributed by atoms with Gasteiger partial charge in [-0.1, -0.05) is 13.8 Å². The van der Waals surface area contributed by atoms with Crippen molar-refractivity contribution in [1.29, 1.82) is 0 Å². The van der Waals surface area contributed by atoms with E-state index in [4.69, 9.17) is 19.7 Å². The van der Waals surface area contributed by atoms with Crippen molar-refractivity contribution in [2.45, 2.75) is 33.2 Å². The molecule has 0 spiro atoms. The SMILES string of the molecule is CCC(=O)c1ccc(CC)o1.NCc1ccc(C(=O)O)o1. The van der Waals surface area contributed by atoms with Crippen molar-refractivity contribution < 1.29 is 23.5 Å². The number of carbonyl (C=O) groups excluding carboxylic acids is 1. The van der Waals surface area contributed by atoms with Crippen LogP contribution in [0.15, 0.2) is 33.1 Å². The molecule has 3 N–H and O–H groups in total. The Morgan fingerprint density at radius 1 is 1.05 bits per heavy atom. The molecule has 6 nitrogen and oxygen atoms in total. The van der Waals surface area contributed by atoms with Crippen LogP contribution in [-0.4, -0.2) is 16.9 Å². The van der Waals surface area contributed by atoms with Crippen LogP contribution in [-0.2, 0) is 13.0 Å². The number of carbonyl (C=O) groups is 2. The van der Waals surface area contributed by atoms with Crippen LogP contribution in [0.4, 0.5) is 0 Å². The summed E-state index contributed by atoms with van der Waals surface area (Å²) in [5, 5.41) is 8.36. The molecule has 2 aromatic heterocycles. The molecule has 2 rings (SSSR count). The highest BCUT2D eigenvalue weighted by atomic mass is 16.4. The molecule has 0 fully saturated rings. The van der Waals surface area contributed by atoms with Crippen molar-refractivity contribution in [1.82, 2.24) is 0 Å². The summed E-state index contributed by atoms with van der Waals surface area (Å²) in [6, 6.07) is 6.52. The van der Waals surface area contributed by atoms with E-state index in [1.54, 1.807) is 12.1 Å². The summed E-state index contributed by atoms with van der Waals surface area (Å²) in [5.41, 5.74) is 5.18. The first-order valence-corrected chi connectivity index (χ1v) is 6.65. The van der Waals surface area contributed by atoms with Crippen molar-refractivity contribution in [2.24, 2.45) is 5.73 Å². The normalized spacial score (nSPS) is 9.86. The molecule has 2 aromatic rings. The van der Waals surface area contributed by atoms with Crippen LogP contribution in [0.3, 0.4) is 0 Å². The van der Waals surface area contributed by atoms with Gasteiger partial charge in [0.05, 0.1) is 6.54 Å². The van der Waals surface area contributed by atoms with E-state index >= 15 is 0 Å². The second kappa shape index (κ2) is 8.06. The van der Waals surface area contributed by atoms with E-state index in [1.165, 1.54) is 6.07 Å². The predicted octanol–water partition coefficient (Wildman–Crippen LogP) is 2.87. The van der Waals surface area contributed by atoms with Gasteiger partial charge in [-0.3, -0.25) is 4.79 Å². The topological polar surface area (TPSA) is 107 Å². The minimum absolute atomic E-state index is 0.0690. The van der Waals surface area contributed by atoms with Gasteiger partial charge in [0.25, 0.3) is 0 Å². The number of furan rings is 2. The molecule has 6 heteroatoms. The molecule has 0 bridgehead atoms. The Balaban J connectivity index is 0.000000211. The molecule has 21 heavy (non-hydrogen) atoms. The van der Waals surface area contributed by atoms with Gasteiger partial charge in [0.15, 0.2) is 11.5 Å². The minimum atomic E-state index is -1.07. The summed E-state index contributed by atoms with van der Waals surface area (Å²) in [6.45, 7) is 4.06. The lowest BCUT2D eigenvalue weighted by Crippen LogP contribution is -1.95. The fourth-order valence-electron chi connectivity index (χ4n) is 1.49. The van der Waals surface area contributed by atoms with Gasteiger partial charge in [-0.15, -0.1) is 0 Å². The van der Waals surface area contributed by atoms with Crippen LogP contribution in [0.1, 0.15) is 52.9 Å². The summed E-state index contributed by atoms with van der Waals surface area (Å²) < 4.78 is 10.0. The van der Waals surface area contributed by atoms with Gasteiger partial charge < -0.3 is 19.7 Å². The molecule has 0 aliphatic carbocycles. The zero-order chi connectivity index (χ0) is 15.8. The van der Waals surface area contributed by atoms with Crippen LogP contribution in [0, 0.1) is 0 Å². The van der Waals surface area contributed by atoms with E-state index in [2.05, 4.69) is 0 Å². The maximum atomic E-state index is 11.0. The number of hydrogen-bond donors (Lipinski definition) is 2. The van der Waals surface area contributed by atoms with E-state index in [1.807, 2.05) is 19.9 Å². The van der Waals surface area contributed by atoms with Gasteiger partial charge in [-0.05, 0) is 24.3 Å². The van der Waals surface area contributed by atoms with Crippen molar-refractivity contribution in [3.63, 3.8) is 0 Å². The smallest absolute Gasteiger partial charge is 0.371 e. The maximum absolute atomic E-state index is 11.0. The summed E-state index contributed by atoms with van der Waals surface area (Å²) in [6.07, 6.45) is 1.35. The molecule has 0 saturated heterocycles. The number of Topliss-reactive ketones (excluding diaryl/α,β-unsaturated/α-hetero) is 1. The number of aromatic carboxylic acids is 1. The highest BCUT2D eigenvalue weighted by Crippen LogP contribution is 2.10. The first kappa shape index (κ1) is 16.7. The lowest BCUT2D eigenvalue weighted by molar-refractivity contribution is 0.0660. The number of nitrogens with two attached hydrogens (primary N) is 1. The monoisotopic (exact) mass is 293 g/mol. The first-order chi connectivity index (χ1) is 10.0. The molecule has 0 amide bonds. The number of hydrogen-bond acceptors (Lipinski definition) is 5. The van der Waals surface area contributed by atoms with Crippen molar-refractivity contribution in [3.8, 4) is 0 Å². The second-order valence-electron chi connectivity index (χ2n) is 4.17.